The van der Waals surface area contributed by atoms with Crippen molar-refractivity contribution in [2.75, 3.05) is 12.8 Å². The fraction of sp³-hybridized carbons (Fsp3) is 0.444. The summed E-state index contributed by atoms with van der Waals surface area (Å²) in [4.78, 5) is 15.1. The summed E-state index contributed by atoms with van der Waals surface area (Å²) in [7, 11) is -3.19. The summed E-state index contributed by atoms with van der Waals surface area (Å²) in [6.45, 7) is 1.95. The molecule has 0 bridgehead atoms. The van der Waals surface area contributed by atoms with Crippen LogP contribution < -0.4 is 5.32 Å². The number of hydrogen-bond donors (Lipinski definition) is 1. The first-order valence-electron chi connectivity index (χ1n) is 8.74. The average Bonchev–Trinajstić information content (AvgIpc) is 3.27. The predicted octanol–water partition coefficient (Wildman–Crippen LogP) is 1.12. The maximum atomic E-state index is 12.6. The molecule has 1 amide bonds. The van der Waals surface area contributed by atoms with E-state index in [9.17, 15) is 13.2 Å². The Labute approximate surface area is 152 Å². The van der Waals surface area contributed by atoms with E-state index in [0.717, 1.165) is 24.1 Å². The van der Waals surface area contributed by atoms with Crippen molar-refractivity contribution in [1.82, 2.24) is 20.0 Å². The Morgan fingerprint density at radius 2 is 1.96 bits per heavy atom. The molecule has 138 valence electrons. The molecule has 2 aromatic rings. The Bertz CT molecular complexity index is 916. The lowest BCUT2D eigenvalue weighted by Crippen LogP contribution is -2.45. The van der Waals surface area contributed by atoms with Gasteiger partial charge in [-0.05, 0) is 36.6 Å². The van der Waals surface area contributed by atoms with E-state index < -0.39 is 9.84 Å². The lowest BCUT2D eigenvalue weighted by Gasteiger charge is -2.33. The topological polar surface area (TPSA) is 84.3 Å². The zero-order valence-corrected chi connectivity index (χ0v) is 15.4. The monoisotopic (exact) mass is 374 g/mol. The van der Waals surface area contributed by atoms with E-state index in [0.29, 0.717) is 30.6 Å². The van der Waals surface area contributed by atoms with Gasteiger partial charge < -0.3 is 5.32 Å². The van der Waals surface area contributed by atoms with Crippen molar-refractivity contribution in [3.8, 4) is 0 Å². The number of fused-ring (bicyclic) bond motifs is 1. The summed E-state index contributed by atoms with van der Waals surface area (Å²) in [5.41, 5.74) is 2.03. The highest BCUT2D eigenvalue weighted by Crippen LogP contribution is 2.25. The first-order valence-corrected chi connectivity index (χ1v) is 10.6. The van der Waals surface area contributed by atoms with Gasteiger partial charge in [0.15, 0.2) is 9.84 Å². The van der Waals surface area contributed by atoms with Crippen molar-refractivity contribution in [3.63, 3.8) is 0 Å². The number of nitrogens with zero attached hydrogens (tertiary/aromatic N) is 3. The Morgan fingerprint density at radius 1 is 1.23 bits per heavy atom. The Balaban J connectivity index is 1.50. The Hall–Kier alpha value is -2.19. The molecule has 2 heterocycles. The minimum atomic E-state index is -3.19. The predicted molar refractivity (Wildman–Crippen MR) is 96.1 cm³/mol. The van der Waals surface area contributed by atoms with Gasteiger partial charge in [-0.15, -0.1) is 0 Å². The first kappa shape index (κ1) is 17.2. The molecule has 1 aliphatic carbocycles. The largest absolute Gasteiger partial charge is 0.351 e. The van der Waals surface area contributed by atoms with Crippen molar-refractivity contribution >= 4 is 15.7 Å². The van der Waals surface area contributed by atoms with Gasteiger partial charge in [0, 0.05) is 38.1 Å². The molecule has 4 rings (SSSR count). The first-order chi connectivity index (χ1) is 12.4. The molecule has 0 saturated heterocycles. The van der Waals surface area contributed by atoms with Crippen LogP contribution in [0.4, 0.5) is 0 Å². The van der Waals surface area contributed by atoms with Crippen molar-refractivity contribution in [2.45, 2.75) is 42.9 Å². The van der Waals surface area contributed by atoms with E-state index in [1.54, 1.807) is 18.3 Å². The molecule has 1 N–H and O–H groups in total. The summed E-state index contributed by atoms with van der Waals surface area (Å²) in [6, 6.07) is 8.87. The number of carbonyl (C=O) groups is 1. The third-order valence-corrected chi connectivity index (χ3v) is 5.98. The zero-order chi connectivity index (χ0) is 18.3. The summed E-state index contributed by atoms with van der Waals surface area (Å²) in [5.74, 6) is 0.0228. The van der Waals surface area contributed by atoms with E-state index in [1.165, 1.54) is 6.26 Å². The minimum Gasteiger partial charge on any atom is -0.351 e. The quantitative estimate of drug-likeness (QED) is 0.848. The lowest BCUT2D eigenvalue weighted by molar-refractivity contribution is -0.126. The van der Waals surface area contributed by atoms with Crippen LogP contribution in [-0.4, -0.2) is 47.8 Å². The van der Waals surface area contributed by atoms with Gasteiger partial charge in [0.1, 0.15) is 6.04 Å². The number of hydrogen-bond acceptors (Lipinski definition) is 5. The van der Waals surface area contributed by atoms with Crippen molar-refractivity contribution in [1.29, 1.82) is 0 Å². The maximum Gasteiger partial charge on any atom is 0.246 e. The van der Waals surface area contributed by atoms with Crippen LogP contribution in [0, 0.1) is 0 Å². The van der Waals surface area contributed by atoms with Crippen LogP contribution in [0.2, 0.25) is 0 Å². The van der Waals surface area contributed by atoms with E-state index in [-0.39, 0.29) is 11.9 Å². The highest BCUT2D eigenvalue weighted by atomic mass is 32.2. The lowest BCUT2D eigenvalue weighted by atomic mass is 10.1. The third kappa shape index (κ3) is 3.66. The summed E-state index contributed by atoms with van der Waals surface area (Å²) < 4.78 is 25.0. The molecule has 1 atom stereocenters. The minimum absolute atomic E-state index is 0.0228. The van der Waals surface area contributed by atoms with Crippen LogP contribution in [0.5, 0.6) is 0 Å². The molecular formula is C18H22N4O3S. The van der Waals surface area contributed by atoms with Crippen LogP contribution in [-0.2, 0) is 27.7 Å². The van der Waals surface area contributed by atoms with Crippen molar-refractivity contribution in [2.24, 2.45) is 0 Å². The van der Waals surface area contributed by atoms with Gasteiger partial charge in [0.05, 0.1) is 10.6 Å². The number of nitrogens with one attached hydrogen (secondary N) is 1. The number of benzene rings is 1. The second-order valence-electron chi connectivity index (χ2n) is 7.15. The van der Waals surface area contributed by atoms with Crippen LogP contribution in [0.15, 0.2) is 41.4 Å². The molecule has 26 heavy (non-hydrogen) atoms. The summed E-state index contributed by atoms with van der Waals surface area (Å²) in [5, 5.41) is 7.40. The highest BCUT2D eigenvalue weighted by Gasteiger charge is 2.33. The standard InChI is InChI=1S/C18H22N4O3S/c1-26(24,25)16-6-2-13(3-7-16)10-21-11-15-8-9-19-22(15)17(12-21)18(23)20-14-4-5-14/h2-3,6-9,14,17H,4-5,10-12H2,1H3,(H,20,23). The number of aromatic nitrogens is 2. The summed E-state index contributed by atoms with van der Waals surface area (Å²) >= 11 is 0. The molecule has 1 fully saturated rings. The molecule has 1 aliphatic heterocycles. The van der Waals surface area contributed by atoms with Crippen LogP contribution in [0.3, 0.4) is 0 Å². The number of amides is 1. The molecule has 1 unspecified atom stereocenters. The van der Waals surface area contributed by atoms with Crippen LogP contribution in [0.25, 0.3) is 0 Å². The molecule has 0 radical (unpaired) electrons. The van der Waals surface area contributed by atoms with Crippen LogP contribution >= 0.6 is 0 Å². The van der Waals surface area contributed by atoms with Gasteiger partial charge in [-0.2, -0.15) is 5.10 Å². The van der Waals surface area contributed by atoms with E-state index in [1.807, 2.05) is 22.9 Å². The molecule has 2 aliphatic rings. The second kappa shape index (κ2) is 6.51. The number of sulfone groups is 1. The fourth-order valence-corrected chi connectivity index (χ4v) is 3.93. The summed E-state index contributed by atoms with van der Waals surface area (Å²) in [6.07, 6.45) is 5.05. The van der Waals surface area contributed by atoms with E-state index in [2.05, 4.69) is 15.3 Å². The van der Waals surface area contributed by atoms with Gasteiger partial charge in [0.25, 0.3) is 0 Å². The van der Waals surface area contributed by atoms with Gasteiger partial charge in [-0.1, -0.05) is 12.1 Å². The van der Waals surface area contributed by atoms with Crippen molar-refractivity contribution < 1.29 is 13.2 Å². The Morgan fingerprint density at radius 3 is 2.62 bits per heavy atom. The van der Waals surface area contributed by atoms with Gasteiger partial charge in [0.2, 0.25) is 5.91 Å². The van der Waals surface area contributed by atoms with Crippen LogP contribution in [0.1, 0.15) is 30.1 Å². The molecule has 1 aromatic heterocycles. The number of carbonyl (C=O) groups excluding carboxylic acids is 1. The molecule has 8 heteroatoms. The second-order valence-corrected chi connectivity index (χ2v) is 9.17. The van der Waals surface area contributed by atoms with E-state index in [4.69, 9.17) is 0 Å². The Kier molecular flexibility index (Phi) is 4.32. The fourth-order valence-electron chi connectivity index (χ4n) is 3.30. The molecule has 1 saturated carbocycles. The van der Waals surface area contributed by atoms with Gasteiger partial charge >= 0.3 is 0 Å². The molecule has 0 spiro atoms. The maximum absolute atomic E-state index is 12.6. The molecule has 7 nitrogen and oxygen atoms in total. The average molecular weight is 374 g/mol. The molecular weight excluding hydrogens is 352 g/mol. The number of rotatable bonds is 5. The van der Waals surface area contributed by atoms with Gasteiger partial charge in [-0.3, -0.25) is 14.4 Å². The normalized spacial score (nSPS) is 20.6. The highest BCUT2D eigenvalue weighted by molar-refractivity contribution is 7.90. The molecule has 1 aromatic carbocycles. The van der Waals surface area contributed by atoms with Gasteiger partial charge in [-0.25, -0.2) is 8.42 Å². The third-order valence-electron chi connectivity index (χ3n) is 4.85. The van der Waals surface area contributed by atoms with Crippen molar-refractivity contribution in [3.05, 3.63) is 47.8 Å². The smallest absolute Gasteiger partial charge is 0.246 e. The van der Waals surface area contributed by atoms with E-state index >= 15 is 0 Å². The SMILES string of the molecule is CS(=O)(=O)c1ccc(CN2Cc3ccnn3C(C(=O)NC3CC3)C2)cc1. The zero-order valence-electron chi connectivity index (χ0n) is 14.6.